The number of hydrogen-bond acceptors (Lipinski definition) is 4. The van der Waals surface area contributed by atoms with Crippen LogP contribution >= 0.6 is 0 Å². The van der Waals surface area contributed by atoms with Gasteiger partial charge in [0.05, 0.1) is 0 Å². The zero-order chi connectivity index (χ0) is 31.7. The van der Waals surface area contributed by atoms with Gasteiger partial charge in [0.1, 0.15) is 5.60 Å². The minimum Gasteiger partial charge on any atom is -0.444 e. The van der Waals surface area contributed by atoms with E-state index in [1.807, 2.05) is 48.5 Å². The molecular weight excluding hydrogens is 494 g/mol. The number of carbonyl (C=O) groups is 1. The standard InChI is InChI=1S/C22H35N3O2.C7H16.2C2H6.C2H4/c1-8-19(18-10-11-18)20(16(3)23-9-2)17(4)24-12-14-25(15-13-24)21(26)27-22(5,6)7;1-3-5-7-6-4-2;3*1-2/h8-9,18H,2,10-15H2,1,3-7H3;3-7H2,1-2H3;2*1-2H3;1-2H2/b19-8-,20-17-,23-16?;;;;. The fourth-order valence-corrected chi connectivity index (χ4v) is 4.25. The van der Waals surface area contributed by atoms with Gasteiger partial charge in [0.2, 0.25) is 0 Å². The normalized spacial score (nSPS) is 15.8. The number of amides is 1. The summed E-state index contributed by atoms with van der Waals surface area (Å²) in [6.07, 6.45) is 13.1. The van der Waals surface area contributed by atoms with E-state index < -0.39 is 5.60 Å². The van der Waals surface area contributed by atoms with E-state index in [0.29, 0.717) is 19.0 Å². The van der Waals surface area contributed by atoms with E-state index in [1.165, 1.54) is 61.8 Å². The van der Waals surface area contributed by atoms with Crippen LogP contribution in [0.2, 0.25) is 0 Å². The highest BCUT2D eigenvalue weighted by molar-refractivity contribution is 6.03. The van der Waals surface area contributed by atoms with Crippen molar-refractivity contribution in [2.75, 3.05) is 26.2 Å². The summed E-state index contributed by atoms with van der Waals surface area (Å²) >= 11 is 0. The van der Waals surface area contributed by atoms with Crippen LogP contribution in [0.4, 0.5) is 4.79 Å². The molecule has 1 amide bonds. The minimum atomic E-state index is -0.458. The van der Waals surface area contributed by atoms with Gasteiger partial charge in [0.15, 0.2) is 0 Å². The number of allylic oxidation sites excluding steroid dienone is 4. The molecule has 0 unspecified atom stereocenters. The molecule has 1 heterocycles. The topological polar surface area (TPSA) is 45.1 Å². The maximum atomic E-state index is 12.3. The SMILES string of the molecule is C=C.C=CN=C(C)C(/C(=C\C)C1CC1)=C(\C)N1CCN(C(=O)OC(C)(C)C)CC1.CC.CC.CCCCCCC. The van der Waals surface area contributed by atoms with Crippen LogP contribution in [0.3, 0.4) is 0 Å². The largest absolute Gasteiger partial charge is 0.444 e. The molecule has 1 aliphatic heterocycles. The third-order valence-corrected chi connectivity index (χ3v) is 6.24. The summed E-state index contributed by atoms with van der Waals surface area (Å²) in [6, 6.07) is 0. The number of rotatable bonds is 9. The molecule has 0 aromatic rings. The van der Waals surface area contributed by atoms with E-state index in [4.69, 9.17) is 4.74 Å². The third kappa shape index (κ3) is 18.1. The van der Waals surface area contributed by atoms with Gasteiger partial charge in [-0.25, -0.2) is 4.79 Å². The lowest BCUT2D eigenvalue weighted by molar-refractivity contribution is 0.0168. The molecule has 0 bridgehead atoms. The van der Waals surface area contributed by atoms with Crippen molar-refractivity contribution in [3.63, 3.8) is 0 Å². The van der Waals surface area contributed by atoms with E-state index in [2.05, 4.69) is 70.3 Å². The van der Waals surface area contributed by atoms with Gasteiger partial charge in [0, 0.05) is 49.4 Å². The summed E-state index contributed by atoms with van der Waals surface area (Å²) in [5.41, 5.74) is 4.43. The molecule has 5 nitrogen and oxygen atoms in total. The molecule has 2 aliphatic rings. The molecule has 0 aromatic heterocycles. The van der Waals surface area contributed by atoms with Gasteiger partial charge < -0.3 is 14.5 Å². The van der Waals surface area contributed by atoms with Crippen molar-refractivity contribution >= 4 is 11.8 Å². The highest BCUT2D eigenvalue weighted by Crippen LogP contribution is 2.41. The predicted molar refractivity (Wildman–Crippen MR) is 180 cm³/mol. The predicted octanol–water partition coefficient (Wildman–Crippen LogP) is 10.6. The first-order valence-corrected chi connectivity index (χ1v) is 15.8. The van der Waals surface area contributed by atoms with E-state index in [1.54, 1.807) is 11.1 Å². The second kappa shape index (κ2) is 25.7. The molecule has 2 rings (SSSR count). The van der Waals surface area contributed by atoms with Gasteiger partial charge in [-0.15, -0.1) is 13.2 Å². The van der Waals surface area contributed by atoms with Crippen LogP contribution in [0.15, 0.2) is 53.8 Å². The average Bonchev–Trinajstić information content (AvgIpc) is 3.80. The monoisotopic (exact) mass is 562 g/mol. The van der Waals surface area contributed by atoms with Crippen molar-refractivity contribution in [2.45, 2.75) is 134 Å². The van der Waals surface area contributed by atoms with E-state index in [9.17, 15) is 4.79 Å². The average molecular weight is 562 g/mol. The van der Waals surface area contributed by atoms with Crippen LogP contribution in [-0.4, -0.2) is 53.4 Å². The number of unbranched alkanes of at least 4 members (excludes halogenated alkanes) is 4. The Balaban J connectivity index is -0.000000893. The fourth-order valence-electron chi connectivity index (χ4n) is 4.25. The molecule has 40 heavy (non-hydrogen) atoms. The molecule has 234 valence electrons. The van der Waals surface area contributed by atoms with Gasteiger partial charge in [-0.1, -0.05) is 86.3 Å². The fraction of sp³-hybridized carbons (Fsp3) is 0.714. The lowest BCUT2D eigenvalue weighted by Gasteiger charge is -2.38. The van der Waals surface area contributed by atoms with Crippen molar-refractivity contribution in [3.05, 3.63) is 48.9 Å². The highest BCUT2D eigenvalue weighted by atomic mass is 16.6. The number of piperazine rings is 1. The third-order valence-electron chi connectivity index (χ3n) is 6.24. The zero-order valence-corrected chi connectivity index (χ0v) is 28.8. The van der Waals surface area contributed by atoms with Gasteiger partial charge in [0.25, 0.3) is 0 Å². The van der Waals surface area contributed by atoms with E-state index in [-0.39, 0.29) is 6.09 Å². The number of nitrogens with zero attached hydrogens (tertiary/aromatic N) is 3. The Hall–Kier alpha value is -2.30. The summed E-state index contributed by atoms with van der Waals surface area (Å²) < 4.78 is 5.50. The molecule has 0 spiro atoms. The molecule has 1 aliphatic carbocycles. The van der Waals surface area contributed by atoms with Crippen molar-refractivity contribution in [2.24, 2.45) is 10.9 Å². The van der Waals surface area contributed by atoms with E-state index >= 15 is 0 Å². The highest BCUT2D eigenvalue weighted by Gasteiger charge is 2.31. The maximum absolute atomic E-state index is 12.3. The lowest BCUT2D eigenvalue weighted by atomic mass is 9.95. The maximum Gasteiger partial charge on any atom is 0.410 e. The van der Waals surface area contributed by atoms with Crippen molar-refractivity contribution in [3.8, 4) is 0 Å². The van der Waals surface area contributed by atoms with Gasteiger partial charge >= 0.3 is 6.09 Å². The van der Waals surface area contributed by atoms with Crippen LogP contribution in [0, 0.1) is 5.92 Å². The first-order valence-electron chi connectivity index (χ1n) is 15.8. The Labute approximate surface area is 250 Å². The van der Waals surface area contributed by atoms with Crippen LogP contribution in [0.1, 0.15) is 128 Å². The lowest BCUT2D eigenvalue weighted by Crippen LogP contribution is -2.49. The summed E-state index contributed by atoms with van der Waals surface area (Å²) in [5, 5.41) is 0. The molecule has 5 heteroatoms. The van der Waals surface area contributed by atoms with E-state index in [0.717, 1.165) is 18.8 Å². The number of carbonyl (C=O) groups excluding carboxylic acids is 1. The molecule has 0 N–H and O–H groups in total. The molecule has 0 aromatic carbocycles. The zero-order valence-electron chi connectivity index (χ0n) is 28.8. The van der Waals surface area contributed by atoms with Crippen LogP contribution in [0.25, 0.3) is 0 Å². The Morgan fingerprint density at radius 1 is 0.900 bits per heavy atom. The molecule has 0 radical (unpaired) electrons. The Morgan fingerprint density at radius 3 is 1.70 bits per heavy atom. The summed E-state index contributed by atoms with van der Waals surface area (Å²) in [5.74, 6) is 0.651. The Bertz CT molecular complexity index is 743. The van der Waals surface area contributed by atoms with Crippen LogP contribution in [0.5, 0.6) is 0 Å². The summed E-state index contributed by atoms with van der Waals surface area (Å²) in [4.78, 5) is 20.9. The molecule has 2 fully saturated rings. The number of aliphatic imine (C=N–C) groups is 1. The Kier molecular flexibility index (Phi) is 27.0. The second-order valence-electron chi connectivity index (χ2n) is 10.4. The molecule has 0 atom stereocenters. The minimum absolute atomic E-state index is 0.222. The van der Waals surface area contributed by atoms with Crippen LogP contribution < -0.4 is 0 Å². The number of hydrogen-bond donors (Lipinski definition) is 0. The molecule has 1 saturated carbocycles. The van der Waals surface area contributed by atoms with Gasteiger partial charge in [-0.05, 0) is 65.9 Å². The van der Waals surface area contributed by atoms with Crippen LogP contribution in [-0.2, 0) is 4.74 Å². The molecular formula is C35H67N3O2. The smallest absolute Gasteiger partial charge is 0.410 e. The van der Waals surface area contributed by atoms with Crippen molar-refractivity contribution < 1.29 is 9.53 Å². The summed E-state index contributed by atoms with van der Waals surface area (Å²) in [6.45, 7) is 37.2. The Morgan fingerprint density at radius 2 is 1.35 bits per heavy atom. The first-order chi connectivity index (χ1) is 19.1. The summed E-state index contributed by atoms with van der Waals surface area (Å²) in [7, 11) is 0. The van der Waals surface area contributed by atoms with Crippen molar-refractivity contribution in [1.29, 1.82) is 0 Å². The van der Waals surface area contributed by atoms with Gasteiger partial charge in [-0.3, -0.25) is 4.99 Å². The number of ether oxygens (including phenoxy) is 1. The quantitative estimate of drug-likeness (QED) is 0.122. The molecule has 1 saturated heterocycles. The first kappa shape index (κ1) is 42.2. The second-order valence-corrected chi connectivity index (χ2v) is 10.4. The van der Waals surface area contributed by atoms with Gasteiger partial charge in [-0.2, -0.15) is 0 Å². The van der Waals surface area contributed by atoms with Crippen molar-refractivity contribution in [1.82, 2.24) is 9.80 Å².